The lowest BCUT2D eigenvalue weighted by atomic mass is 9.91. The molecule has 0 aromatic rings. The molecular formula is C11H17NO2. The number of nitrogens with zero attached hydrogens (tertiary/aromatic N) is 1. The molecule has 0 amide bonds. The fraction of sp³-hybridized carbons (Fsp3) is 0.727. The maximum atomic E-state index is 10.9. The summed E-state index contributed by atoms with van der Waals surface area (Å²) in [7, 11) is 0. The van der Waals surface area contributed by atoms with Gasteiger partial charge >= 0.3 is 5.97 Å². The van der Waals surface area contributed by atoms with Crippen LogP contribution < -0.4 is 0 Å². The molecule has 0 unspecified atom stereocenters. The molecule has 0 saturated heterocycles. The molecule has 0 bridgehead atoms. The molecule has 14 heavy (non-hydrogen) atoms. The molecule has 0 aromatic heterocycles. The third-order valence-corrected chi connectivity index (χ3v) is 3.50. The highest BCUT2D eigenvalue weighted by Gasteiger charge is 2.41. The maximum Gasteiger partial charge on any atom is 0.305 e. The van der Waals surface area contributed by atoms with E-state index in [0.717, 1.165) is 25.9 Å². The predicted octanol–water partition coefficient (Wildman–Crippen LogP) is 1.65. The van der Waals surface area contributed by atoms with Gasteiger partial charge in [-0.15, -0.1) is 0 Å². The molecule has 3 nitrogen and oxygen atoms in total. The second-order valence-electron chi connectivity index (χ2n) is 4.38. The Morgan fingerprint density at radius 1 is 1.29 bits per heavy atom. The van der Waals surface area contributed by atoms with Gasteiger partial charge in [-0.25, -0.2) is 0 Å². The first-order valence-electron chi connectivity index (χ1n) is 5.35. The van der Waals surface area contributed by atoms with Crippen LogP contribution >= 0.6 is 0 Å². The van der Waals surface area contributed by atoms with Crippen molar-refractivity contribution in [3.8, 4) is 0 Å². The van der Waals surface area contributed by atoms with Gasteiger partial charge in [0.05, 0.1) is 6.42 Å². The van der Waals surface area contributed by atoms with Crippen LogP contribution in [0, 0.1) is 0 Å². The third kappa shape index (κ3) is 1.69. The summed E-state index contributed by atoms with van der Waals surface area (Å²) in [6.45, 7) is 1.88. The van der Waals surface area contributed by atoms with E-state index in [-0.39, 0.29) is 5.54 Å². The second-order valence-corrected chi connectivity index (χ2v) is 4.38. The Morgan fingerprint density at radius 2 is 1.86 bits per heavy atom. The van der Waals surface area contributed by atoms with Crippen molar-refractivity contribution < 1.29 is 9.90 Å². The van der Waals surface area contributed by atoms with Crippen molar-refractivity contribution in [2.75, 3.05) is 13.1 Å². The molecule has 2 aliphatic rings. The first-order valence-corrected chi connectivity index (χ1v) is 5.35. The molecular weight excluding hydrogens is 178 g/mol. The molecule has 1 N–H and O–H groups in total. The number of rotatable bonds is 3. The third-order valence-electron chi connectivity index (χ3n) is 3.50. The summed E-state index contributed by atoms with van der Waals surface area (Å²) in [5.74, 6) is -0.654. The van der Waals surface area contributed by atoms with E-state index >= 15 is 0 Å². The van der Waals surface area contributed by atoms with Crippen LogP contribution in [0.5, 0.6) is 0 Å². The lowest BCUT2D eigenvalue weighted by Gasteiger charge is -2.37. The Kier molecular flexibility index (Phi) is 2.59. The Bertz CT molecular complexity index is 246. The average Bonchev–Trinajstić information content (AvgIpc) is 2.69. The van der Waals surface area contributed by atoms with E-state index in [1.54, 1.807) is 0 Å². The highest BCUT2D eigenvalue weighted by molar-refractivity contribution is 5.68. The molecule has 1 saturated carbocycles. The molecule has 78 valence electrons. The first-order chi connectivity index (χ1) is 6.73. The molecule has 3 heteroatoms. The Labute approximate surface area is 84.4 Å². The van der Waals surface area contributed by atoms with Crippen molar-refractivity contribution in [3.63, 3.8) is 0 Å². The van der Waals surface area contributed by atoms with Gasteiger partial charge in [0.2, 0.25) is 0 Å². The lowest BCUT2D eigenvalue weighted by Crippen LogP contribution is -2.46. The molecule has 1 fully saturated rings. The zero-order valence-electron chi connectivity index (χ0n) is 8.41. The number of carboxylic acids is 1. The van der Waals surface area contributed by atoms with Crippen molar-refractivity contribution in [1.82, 2.24) is 4.90 Å². The van der Waals surface area contributed by atoms with Crippen LogP contribution in [-0.2, 0) is 4.79 Å². The highest BCUT2D eigenvalue weighted by atomic mass is 16.4. The average molecular weight is 195 g/mol. The van der Waals surface area contributed by atoms with Gasteiger partial charge in [0, 0.05) is 18.6 Å². The minimum absolute atomic E-state index is 0.0324. The van der Waals surface area contributed by atoms with Gasteiger partial charge in [0.25, 0.3) is 0 Å². The summed E-state index contributed by atoms with van der Waals surface area (Å²) in [4.78, 5) is 13.2. The number of carboxylic acid groups (broad SMARTS) is 1. The normalized spacial score (nSPS) is 25.7. The van der Waals surface area contributed by atoms with E-state index < -0.39 is 5.97 Å². The largest absolute Gasteiger partial charge is 0.481 e. The topological polar surface area (TPSA) is 40.5 Å². The van der Waals surface area contributed by atoms with Gasteiger partial charge in [0.1, 0.15) is 0 Å². The summed E-state index contributed by atoms with van der Waals surface area (Å²) >= 11 is 0. The Morgan fingerprint density at radius 3 is 2.36 bits per heavy atom. The lowest BCUT2D eigenvalue weighted by molar-refractivity contribution is -0.140. The highest BCUT2D eigenvalue weighted by Crippen LogP contribution is 2.38. The zero-order valence-corrected chi connectivity index (χ0v) is 8.41. The summed E-state index contributed by atoms with van der Waals surface area (Å²) in [5.41, 5.74) is -0.0324. The molecule has 1 heterocycles. The summed E-state index contributed by atoms with van der Waals surface area (Å²) in [5, 5.41) is 8.95. The minimum Gasteiger partial charge on any atom is -0.481 e. The van der Waals surface area contributed by atoms with E-state index in [2.05, 4.69) is 17.1 Å². The number of aliphatic carboxylic acids is 1. The summed E-state index contributed by atoms with van der Waals surface area (Å²) in [6.07, 6.45) is 9.08. The van der Waals surface area contributed by atoms with E-state index in [1.165, 1.54) is 12.8 Å². The minimum atomic E-state index is -0.654. The van der Waals surface area contributed by atoms with Gasteiger partial charge in [-0.3, -0.25) is 9.69 Å². The number of hydrogen-bond acceptors (Lipinski definition) is 2. The van der Waals surface area contributed by atoms with Gasteiger partial charge in [-0.2, -0.15) is 0 Å². The van der Waals surface area contributed by atoms with Crippen LogP contribution in [-0.4, -0.2) is 34.6 Å². The smallest absolute Gasteiger partial charge is 0.305 e. The van der Waals surface area contributed by atoms with Crippen LogP contribution in [0.1, 0.15) is 32.1 Å². The molecule has 1 aliphatic carbocycles. The fourth-order valence-electron chi connectivity index (χ4n) is 2.78. The van der Waals surface area contributed by atoms with Crippen LogP contribution in [0.2, 0.25) is 0 Å². The van der Waals surface area contributed by atoms with Crippen molar-refractivity contribution in [2.45, 2.75) is 37.6 Å². The van der Waals surface area contributed by atoms with Crippen LogP contribution in [0.3, 0.4) is 0 Å². The zero-order chi connectivity index (χ0) is 10.0. The standard InChI is InChI=1S/C11H17NO2/c13-10(14)9-11(5-1-2-6-11)12-7-3-4-8-12/h3-4H,1-2,5-9H2,(H,13,14). The van der Waals surface area contributed by atoms with Crippen LogP contribution in [0.4, 0.5) is 0 Å². The van der Waals surface area contributed by atoms with Gasteiger partial charge in [-0.1, -0.05) is 25.0 Å². The van der Waals surface area contributed by atoms with Crippen molar-refractivity contribution in [1.29, 1.82) is 0 Å². The Hall–Kier alpha value is -0.830. The molecule has 0 radical (unpaired) electrons. The molecule has 0 aromatic carbocycles. The summed E-state index contributed by atoms with van der Waals surface area (Å²) < 4.78 is 0. The van der Waals surface area contributed by atoms with Crippen molar-refractivity contribution in [3.05, 3.63) is 12.2 Å². The first kappa shape index (κ1) is 9.71. The van der Waals surface area contributed by atoms with E-state index in [0.29, 0.717) is 6.42 Å². The maximum absolute atomic E-state index is 10.9. The van der Waals surface area contributed by atoms with E-state index in [1.807, 2.05) is 0 Å². The number of hydrogen-bond donors (Lipinski definition) is 1. The Balaban J connectivity index is 2.08. The predicted molar refractivity (Wildman–Crippen MR) is 54.2 cm³/mol. The van der Waals surface area contributed by atoms with Gasteiger partial charge < -0.3 is 5.11 Å². The van der Waals surface area contributed by atoms with Crippen molar-refractivity contribution >= 4 is 5.97 Å². The monoisotopic (exact) mass is 195 g/mol. The van der Waals surface area contributed by atoms with E-state index in [9.17, 15) is 4.79 Å². The van der Waals surface area contributed by atoms with Crippen LogP contribution in [0.25, 0.3) is 0 Å². The quantitative estimate of drug-likeness (QED) is 0.696. The number of carbonyl (C=O) groups is 1. The van der Waals surface area contributed by atoms with Gasteiger partial charge in [-0.05, 0) is 12.8 Å². The second kappa shape index (κ2) is 3.73. The summed E-state index contributed by atoms with van der Waals surface area (Å²) in [6, 6.07) is 0. The van der Waals surface area contributed by atoms with Gasteiger partial charge in [0.15, 0.2) is 0 Å². The molecule has 1 aliphatic heterocycles. The van der Waals surface area contributed by atoms with E-state index in [4.69, 9.17) is 5.11 Å². The molecule has 2 rings (SSSR count). The fourth-order valence-corrected chi connectivity index (χ4v) is 2.78. The molecule has 0 spiro atoms. The SMILES string of the molecule is O=C(O)CC1(N2CC=CC2)CCCC1. The van der Waals surface area contributed by atoms with Crippen LogP contribution in [0.15, 0.2) is 12.2 Å². The molecule has 0 atom stereocenters. The van der Waals surface area contributed by atoms with Crippen molar-refractivity contribution in [2.24, 2.45) is 0 Å².